The normalized spacial score (nSPS) is 9.40. The van der Waals surface area contributed by atoms with Crippen molar-refractivity contribution in [2.45, 2.75) is 13.8 Å². The molecule has 0 aliphatic heterocycles. The third-order valence-corrected chi connectivity index (χ3v) is 2.18. The quantitative estimate of drug-likeness (QED) is 0.531. The van der Waals surface area contributed by atoms with Gasteiger partial charge >= 0.3 is 0 Å². The van der Waals surface area contributed by atoms with Crippen molar-refractivity contribution in [1.82, 2.24) is 0 Å². The van der Waals surface area contributed by atoms with Gasteiger partial charge < -0.3 is 0 Å². The van der Waals surface area contributed by atoms with E-state index in [-0.39, 0.29) is 0 Å². The number of thiophene rings is 1. The molecule has 1 heterocycles. The number of rotatable bonds is 1. The summed E-state index contributed by atoms with van der Waals surface area (Å²) >= 11 is 1.80. The van der Waals surface area contributed by atoms with Crippen molar-refractivity contribution in [2.24, 2.45) is 0 Å². The van der Waals surface area contributed by atoms with Crippen molar-refractivity contribution in [3.8, 4) is 0 Å². The summed E-state index contributed by atoms with van der Waals surface area (Å²) in [6, 6.07) is 2.21. The molecule has 1 aromatic rings. The van der Waals surface area contributed by atoms with Crippen LogP contribution in [0.4, 0.5) is 0 Å². The lowest BCUT2D eigenvalue weighted by Crippen LogP contribution is -1.92. The molecule has 0 nitrogen and oxygen atoms in total. The summed E-state index contributed by atoms with van der Waals surface area (Å²) in [5, 5.41) is 2.18. The van der Waals surface area contributed by atoms with Crippen LogP contribution in [-0.2, 0) is 0 Å². The van der Waals surface area contributed by atoms with E-state index in [0.717, 1.165) is 0 Å². The molecule has 0 atom stereocenters. The Balaban J connectivity index is 2.86. The van der Waals surface area contributed by atoms with Gasteiger partial charge in [0.15, 0.2) is 0 Å². The van der Waals surface area contributed by atoms with Gasteiger partial charge in [0, 0.05) is 4.88 Å². The monoisotopic (exact) mass is 150 g/mol. The minimum Gasteiger partial charge on any atom is -0.145 e. The van der Waals surface area contributed by atoms with Gasteiger partial charge in [-0.1, -0.05) is 17.1 Å². The van der Waals surface area contributed by atoms with Crippen LogP contribution in [0.2, 0.25) is 0 Å². The van der Waals surface area contributed by atoms with E-state index in [4.69, 9.17) is 0 Å². The van der Waals surface area contributed by atoms with Gasteiger partial charge in [-0.3, -0.25) is 0 Å². The highest BCUT2D eigenvalue weighted by Crippen LogP contribution is 2.10. The zero-order valence-corrected chi connectivity index (χ0v) is 7.46. The second kappa shape index (κ2) is 3.06. The minimum absolute atomic E-state index is 1.36. The summed E-state index contributed by atoms with van der Waals surface area (Å²) in [4.78, 5) is 1.36. The molecular formula is C8H11BS. The summed E-state index contributed by atoms with van der Waals surface area (Å²) in [7, 11) is 2.12. The molecule has 0 aromatic carbocycles. The first-order valence-electron chi connectivity index (χ1n) is 3.38. The molecule has 0 spiro atoms. The lowest BCUT2D eigenvalue weighted by molar-refractivity contribution is 1.43. The zero-order chi connectivity index (χ0) is 7.56. The van der Waals surface area contributed by atoms with Crippen LogP contribution in [-0.4, -0.2) is 7.85 Å². The molecule has 0 bridgehead atoms. The average molecular weight is 150 g/mol. The molecule has 0 saturated heterocycles. The Morgan fingerprint density at radius 2 is 2.30 bits per heavy atom. The lowest BCUT2D eigenvalue weighted by Gasteiger charge is -1.85. The summed E-state index contributed by atoms with van der Waals surface area (Å²) in [6.45, 7) is 4.24. The van der Waals surface area contributed by atoms with Crippen LogP contribution >= 0.6 is 11.3 Å². The topological polar surface area (TPSA) is 0 Å². The van der Waals surface area contributed by atoms with E-state index in [2.05, 4.69) is 39.2 Å². The van der Waals surface area contributed by atoms with Gasteiger partial charge in [-0.05, 0) is 25.3 Å². The molecule has 0 aliphatic rings. The van der Waals surface area contributed by atoms with E-state index < -0.39 is 0 Å². The van der Waals surface area contributed by atoms with Crippen LogP contribution in [0, 0.1) is 0 Å². The average Bonchev–Trinajstić information content (AvgIpc) is 2.13. The van der Waals surface area contributed by atoms with E-state index >= 15 is 0 Å². The van der Waals surface area contributed by atoms with Crippen molar-refractivity contribution < 1.29 is 0 Å². The summed E-state index contributed by atoms with van der Waals surface area (Å²) in [6.07, 6.45) is 2.21. The third-order valence-electron chi connectivity index (χ3n) is 1.18. The second-order valence-electron chi connectivity index (χ2n) is 2.75. The fraction of sp³-hybridized carbons (Fsp3) is 0.250. The smallest absolute Gasteiger partial charge is 0.140 e. The van der Waals surface area contributed by atoms with Gasteiger partial charge in [0.05, 0.1) is 0 Å². The Morgan fingerprint density at radius 3 is 2.70 bits per heavy atom. The summed E-state index contributed by atoms with van der Waals surface area (Å²) in [5.74, 6) is 0. The fourth-order valence-corrected chi connectivity index (χ4v) is 1.76. The molecular weight excluding hydrogens is 139 g/mol. The molecule has 0 aliphatic carbocycles. The number of hydrogen-bond donors (Lipinski definition) is 0. The van der Waals surface area contributed by atoms with Crippen molar-refractivity contribution in [3.05, 3.63) is 21.9 Å². The molecule has 2 heteroatoms. The maximum atomic E-state index is 2.21. The molecule has 0 N–H and O–H groups in total. The Morgan fingerprint density at radius 1 is 1.60 bits per heavy atom. The van der Waals surface area contributed by atoms with E-state index in [0.29, 0.717) is 0 Å². The molecule has 0 unspecified atom stereocenters. The van der Waals surface area contributed by atoms with E-state index in [1.807, 2.05) is 0 Å². The highest BCUT2D eigenvalue weighted by molar-refractivity contribution is 7.11. The molecule has 52 valence electrons. The van der Waals surface area contributed by atoms with Gasteiger partial charge in [0.1, 0.15) is 7.85 Å². The van der Waals surface area contributed by atoms with Crippen LogP contribution in [0.3, 0.4) is 0 Å². The Hall–Kier alpha value is -0.495. The molecule has 0 radical (unpaired) electrons. The standard InChI is InChI=1S/C8H11BS/c1-6(2)3-8-4-7(9)5-10-8/h3-5H,9H2,1-2H3. The Kier molecular flexibility index (Phi) is 2.33. The van der Waals surface area contributed by atoms with Crippen molar-refractivity contribution in [1.29, 1.82) is 0 Å². The van der Waals surface area contributed by atoms with E-state index in [9.17, 15) is 0 Å². The molecule has 1 aromatic heterocycles. The Labute approximate surface area is 67.0 Å². The molecule has 0 saturated carbocycles. The zero-order valence-electron chi connectivity index (χ0n) is 6.64. The predicted molar refractivity (Wildman–Crippen MR) is 51.8 cm³/mol. The van der Waals surface area contributed by atoms with Crippen molar-refractivity contribution in [3.63, 3.8) is 0 Å². The van der Waals surface area contributed by atoms with Gasteiger partial charge in [-0.15, -0.1) is 11.3 Å². The molecule has 10 heavy (non-hydrogen) atoms. The van der Waals surface area contributed by atoms with Crippen molar-refractivity contribution >= 4 is 30.7 Å². The fourth-order valence-electron chi connectivity index (χ4n) is 0.814. The van der Waals surface area contributed by atoms with Crippen molar-refractivity contribution in [2.75, 3.05) is 0 Å². The third kappa shape index (κ3) is 2.03. The maximum absolute atomic E-state index is 2.21. The minimum atomic E-state index is 1.36. The van der Waals surface area contributed by atoms with E-state index in [1.165, 1.54) is 15.9 Å². The molecule has 0 fully saturated rings. The maximum Gasteiger partial charge on any atom is 0.140 e. The van der Waals surface area contributed by atoms with Crippen LogP contribution in [0.5, 0.6) is 0 Å². The highest BCUT2D eigenvalue weighted by atomic mass is 32.1. The largest absolute Gasteiger partial charge is 0.145 e. The van der Waals surface area contributed by atoms with Crippen LogP contribution < -0.4 is 5.46 Å². The van der Waals surface area contributed by atoms with Crippen LogP contribution in [0.25, 0.3) is 6.08 Å². The molecule has 1 rings (SSSR count). The van der Waals surface area contributed by atoms with Gasteiger partial charge in [-0.2, -0.15) is 0 Å². The number of allylic oxidation sites excluding steroid dienone is 1. The van der Waals surface area contributed by atoms with E-state index in [1.54, 1.807) is 11.3 Å². The van der Waals surface area contributed by atoms with Gasteiger partial charge in [0.25, 0.3) is 0 Å². The highest BCUT2D eigenvalue weighted by Gasteiger charge is 1.90. The summed E-state index contributed by atoms with van der Waals surface area (Å²) in [5.41, 5.74) is 2.72. The number of hydrogen-bond acceptors (Lipinski definition) is 1. The Bertz CT molecular complexity index is 244. The van der Waals surface area contributed by atoms with Crippen LogP contribution in [0.15, 0.2) is 17.0 Å². The van der Waals surface area contributed by atoms with Crippen LogP contribution in [0.1, 0.15) is 18.7 Å². The molecule has 0 amide bonds. The van der Waals surface area contributed by atoms with Gasteiger partial charge in [0.2, 0.25) is 0 Å². The first-order valence-corrected chi connectivity index (χ1v) is 4.26. The lowest BCUT2D eigenvalue weighted by atomic mass is 10.0. The SMILES string of the molecule is Bc1csc(C=C(C)C)c1. The first kappa shape index (κ1) is 7.61. The predicted octanol–water partition coefficient (Wildman–Crippen LogP) is 1.43. The summed E-state index contributed by atoms with van der Waals surface area (Å²) < 4.78 is 0. The van der Waals surface area contributed by atoms with Gasteiger partial charge in [-0.25, -0.2) is 0 Å². The second-order valence-corrected chi connectivity index (χ2v) is 3.69. The first-order chi connectivity index (χ1) is 4.68.